The highest BCUT2D eigenvalue weighted by Gasteiger charge is 2.10. The van der Waals surface area contributed by atoms with Gasteiger partial charge in [-0.15, -0.1) is 0 Å². The third kappa shape index (κ3) is 3.17. The molecule has 2 aromatic carbocycles. The molecule has 128 valence electrons. The molecule has 0 aliphatic heterocycles. The van der Waals surface area contributed by atoms with Crippen LogP contribution in [0.4, 0.5) is 11.5 Å². The number of aromatic nitrogens is 3. The van der Waals surface area contributed by atoms with Gasteiger partial charge in [0.15, 0.2) is 5.82 Å². The van der Waals surface area contributed by atoms with Crippen LogP contribution >= 0.6 is 11.6 Å². The van der Waals surface area contributed by atoms with Gasteiger partial charge in [-0.3, -0.25) is 4.98 Å². The van der Waals surface area contributed by atoms with Gasteiger partial charge >= 0.3 is 0 Å². The fraction of sp³-hybridized carbons (Fsp3) is 0.0500. The van der Waals surface area contributed by atoms with Crippen molar-refractivity contribution in [2.45, 2.75) is 0 Å². The van der Waals surface area contributed by atoms with Crippen LogP contribution in [0.3, 0.4) is 0 Å². The number of rotatable bonds is 4. The van der Waals surface area contributed by atoms with Gasteiger partial charge in [-0.25, -0.2) is 9.97 Å². The van der Waals surface area contributed by atoms with Gasteiger partial charge in [0, 0.05) is 29.0 Å². The van der Waals surface area contributed by atoms with E-state index in [1.165, 1.54) is 0 Å². The zero-order chi connectivity index (χ0) is 17.9. The van der Waals surface area contributed by atoms with Gasteiger partial charge in [-0.1, -0.05) is 23.7 Å². The number of ether oxygens (including phenoxy) is 1. The minimum atomic E-state index is 0.533. The van der Waals surface area contributed by atoms with E-state index < -0.39 is 0 Å². The molecule has 2 aromatic heterocycles. The number of pyridine rings is 1. The van der Waals surface area contributed by atoms with E-state index >= 15 is 0 Å². The first-order valence-corrected chi connectivity index (χ1v) is 8.40. The Hall–Kier alpha value is -3.18. The van der Waals surface area contributed by atoms with Gasteiger partial charge in [0.25, 0.3) is 0 Å². The van der Waals surface area contributed by atoms with Crippen molar-refractivity contribution in [2.75, 3.05) is 12.4 Å². The summed E-state index contributed by atoms with van der Waals surface area (Å²) in [5, 5.41) is 4.80. The second-order valence-electron chi connectivity index (χ2n) is 5.62. The summed E-state index contributed by atoms with van der Waals surface area (Å²) in [5.41, 5.74) is 2.58. The fourth-order valence-electron chi connectivity index (χ4n) is 2.68. The molecule has 0 saturated carbocycles. The molecule has 0 radical (unpaired) electrons. The molecule has 4 aromatic rings. The summed E-state index contributed by atoms with van der Waals surface area (Å²) >= 11 is 6.24. The molecular formula is C20H15ClN4O. The highest BCUT2D eigenvalue weighted by molar-refractivity contribution is 6.32. The van der Waals surface area contributed by atoms with Crippen LogP contribution in [-0.4, -0.2) is 22.1 Å². The predicted octanol–water partition coefficient (Wildman–Crippen LogP) is 5.10. The van der Waals surface area contributed by atoms with Crippen LogP contribution < -0.4 is 10.1 Å². The van der Waals surface area contributed by atoms with Crippen molar-refractivity contribution < 1.29 is 4.74 Å². The Kier molecular flexibility index (Phi) is 4.37. The second kappa shape index (κ2) is 6.98. The zero-order valence-corrected chi connectivity index (χ0v) is 14.7. The SMILES string of the molecule is COc1ccc(Nc2nc(-c3ccncc3)nc3ccccc23)cc1Cl. The van der Waals surface area contributed by atoms with Crippen LogP contribution in [0.2, 0.25) is 5.02 Å². The van der Waals surface area contributed by atoms with Crippen LogP contribution in [0, 0.1) is 0 Å². The van der Waals surface area contributed by atoms with Gasteiger partial charge in [0.1, 0.15) is 11.6 Å². The predicted molar refractivity (Wildman–Crippen MR) is 104 cm³/mol. The Balaban J connectivity index is 1.82. The lowest BCUT2D eigenvalue weighted by Crippen LogP contribution is -1.99. The van der Waals surface area contributed by atoms with Crippen LogP contribution in [0.15, 0.2) is 67.0 Å². The summed E-state index contributed by atoms with van der Waals surface area (Å²) in [7, 11) is 1.59. The van der Waals surface area contributed by atoms with Crippen LogP contribution in [0.1, 0.15) is 0 Å². The van der Waals surface area contributed by atoms with Gasteiger partial charge in [-0.05, 0) is 42.5 Å². The Bertz CT molecular complexity index is 1070. The Morgan fingerprint density at radius 1 is 0.962 bits per heavy atom. The van der Waals surface area contributed by atoms with Crippen LogP contribution in [0.5, 0.6) is 5.75 Å². The smallest absolute Gasteiger partial charge is 0.162 e. The molecule has 0 amide bonds. The molecule has 2 heterocycles. The van der Waals surface area contributed by atoms with Gasteiger partial charge < -0.3 is 10.1 Å². The molecule has 0 spiro atoms. The van der Waals surface area contributed by atoms with Gasteiger partial charge in [0.2, 0.25) is 0 Å². The molecule has 0 fully saturated rings. The average Bonchev–Trinajstić information content (AvgIpc) is 2.69. The lowest BCUT2D eigenvalue weighted by molar-refractivity contribution is 0.415. The number of fused-ring (bicyclic) bond motifs is 1. The largest absolute Gasteiger partial charge is 0.495 e. The summed E-state index contributed by atoms with van der Waals surface area (Å²) in [6.07, 6.45) is 3.45. The van der Waals surface area contributed by atoms with E-state index in [9.17, 15) is 0 Å². The summed E-state index contributed by atoms with van der Waals surface area (Å²) in [6, 6.07) is 17.2. The molecule has 0 atom stereocenters. The van der Waals surface area contributed by atoms with Crippen LogP contribution in [-0.2, 0) is 0 Å². The van der Waals surface area contributed by atoms with E-state index in [0.717, 1.165) is 22.2 Å². The quantitative estimate of drug-likeness (QED) is 0.547. The van der Waals surface area contributed by atoms with Crippen molar-refractivity contribution >= 4 is 34.0 Å². The third-order valence-electron chi connectivity index (χ3n) is 3.96. The molecule has 0 bridgehead atoms. The van der Waals surface area contributed by atoms with E-state index in [0.29, 0.717) is 22.4 Å². The van der Waals surface area contributed by atoms with Crippen molar-refractivity contribution in [1.29, 1.82) is 0 Å². The lowest BCUT2D eigenvalue weighted by atomic mass is 10.2. The van der Waals surface area contributed by atoms with Crippen molar-refractivity contribution in [3.05, 3.63) is 72.0 Å². The van der Waals surface area contributed by atoms with Gasteiger partial charge in [-0.2, -0.15) is 0 Å². The molecule has 26 heavy (non-hydrogen) atoms. The highest BCUT2D eigenvalue weighted by atomic mass is 35.5. The maximum absolute atomic E-state index is 6.24. The molecule has 0 saturated heterocycles. The first-order valence-electron chi connectivity index (χ1n) is 8.02. The number of anilines is 2. The Morgan fingerprint density at radius 3 is 2.54 bits per heavy atom. The summed E-state index contributed by atoms with van der Waals surface area (Å²) < 4.78 is 5.21. The standard InChI is InChI=1S/C20H15ClN4O/c1-26-18-7-6-14(12-16(18)21)23-20-15-4-2-3-5-17(15)24-19(25-20)13-8-10-22-11-9-13/h2-12H,1H3,(H,23,24,25). The highest BCUT2D eigenvalue weighted by Crippen LogP contribution is 2.31. The minimum absolute atomic E-state index is 0.533. The Morgan fingerprint density at radius 2 is 1.77 bits per heavy atom. The lowest BCUT2D eigenvalue weighted by Gasteiger charge is -2.12. The fourth-order valence-corrected chi connectivity index (χ4v) is 2.94. The summed E-state index contributed by atoms with van der Waals surface area (Å²) in [4.78, 5) is 13.4. The van der Waals surface area contributed by atoms with E-state index in [4.69, 9.17) is 21.3 Å². The third-order valence-corrected chi connectivity index (χ3v) is 4.25. The average molecular weight is 363 g/mol. The maximum atomic E-state index is 6.24. The number of methoxy groups -OCH3 is 1. The van der Waals surface area contributed by atoms with E-state index in [2.05, 4.69) is 15.3 Å². The molecule has 5 nitrogen and oxygen atoms in total. The Labute approximate surface area is 155 Å². The zero-order valence-electron chi connectivity index (χ0n) is 14.0. The number of nitrogens with one attached hydrogen (secondary N) is 1. The number of hydrogen-bond donors (Lipinski definition) is 1. The first kappa shape index (κ1) is 16.3. The topological polar surface area (TPSA) is 59.9 Å². The molecule has 0 aliphatic carbocycles. The van der Waals surface area contributed by atoms with Crippen LogP contribution in [0.25, 0.3) is 22.3 Å². The second-order valence-corrected chi connectivity index (χ2v) is 6.03. The van der Waals surface area contributed by atoms with E-state index in [1.54, 1.807) is 19.5 Å². The normalized spacial score (nSPS) is 10.7. The molecule has 1 N–H and O–H groups in total. The monoisotopic (exact) mass is 362 g/mol. The molecule has 4 rings (SSSR count). The number of halogens is 1. The first-order chi connectivity index (χ1) is 12.7. The maximum Gasteiger partial charge on any atom is 0.162 e. The molecule has 6 heteroatoms. The number of benzene rings is 2. The van der Waals surface area contributed by atoms with E-state index in [-0.39, 0.29) is 0 Å². The number of para-hydroxylation sites is 1. The molecular weight excluding hydrogens is 348 g/mol. The van der Waals surface area contributed by atoms with E-state index in [1.807, 2.05) is 54.6 Å². The van der Waals surface area contributed by atoms with Gasteiger partial charge in [0.05, 0.1) is 17.6 Å². The van der Waals surface area contributed by atoms with Crippen molar-refractivity contribution in [3.8, 4) is 17.1 Å². The minimum Gasteiger partial charge on any atom is -0.495 e. The molecule has 0 unspecified atom stereocenters. The van der Waals surface area contributed by atoms with Crippen molar-refractivity contribution in [2.24, 2.45) is 0 Å². The summed E-state index contributed by atoms with van der Waals surface area (Å²) in [5.74, 6) is 1.97. The van der Waals surface area contributed by atoms with Crippen molar-refractivity contribution in [3.63, 3.8) is 0 Å². The molecule has 0 aliphatic rings. The number of hydrogen-bond acceptors (Lipinski definition) is 5. The summed E-state index contributed by atoms with van der Waals surface area (Å²) in [6.45, 7) is 0. The number of nitrogens with zero attached hydrogens (tertiary/aromatic N) is 3. The van der Waals surface area contributed by atoms with Crippen molar-refractivity contribution in [1.82, 2.24) is 15.0 Å².